The van der Waals surface area contributed by atoms with Gasteiger partial charge in [-0.25, -0.2) is 15.0 Å². The van der Waals surface area contributed by atoms with Crippen molar-refractivity contribution in [1.29, 1.82) is 0 Å². The van der Waals surface area contributed by atoms with E-state index >= 15 is 0 Å². The molecule has 0 N–H and O–H groups in total. The monoisotopic (exact) mass is 751 g/mol. The third-order valence-electron chi connectivity index (χ3n) is 11.2. The van der Waals surface area contributed by atoms with Crippen molar-refractivity contribution in [3.63, 3.8) is 0 Å². The van der Waals surface area contributed by atoms with Crippen LogP contribution in [0, 0.1) is 12.3 Å². The van der Waals surface area contributed by atoms with Gasteiger partial charge in [0.05, 0.1) is 0 Å². The van der Waals surface area contributed by atoms with Gasteiger partial charge in [0.1, 0.15) is 0 Å². The number of aromatic nitrogens is 3. The maximum atomic E-state index is 5.53. The van der Waals surface area contributed by atoms with E-state index < -0.39 is 0 Å². The molecule has 0 aliphatic rings. The molecular weight excluding hydrogens is 715 g/mol. The number of benzene rings is 9. The molecule has 0 aliphatic heterocycles. The van der Waals surface area contributed by atoms with E-state index in [4.69, 9.17) is 21.4 Å². The number of nitrogens with zero attached hydrogens (tertiary/aromatic N) is 3. The summed E-state index contributed by atoms with van der Waals surface area (Å²) in [5.74, 6) is 4.40. The van der Waals surface area contributed by atoms with Crippen LogP contribution in [0.15, 0.2) is 200 Å². The lowest BCUT2D eigenvalue weighted by molar-refractivity contribution is 1.07. The quantitative estimate of drug-likeness (QED) is 0.0925. The number of terminal acetylenes is 1. The molecule has 1 heterocycles. The van der Waals surface area contributed by atoms with Gasteiger partial charge < -0.3 is 0 Å². The summed E-state index contributed by atoms with van der Waals surface area (Å²) in [4.78, 5) is 15.6. The van der Waals surface area contributed by atoms with Crippen molar-refractivity contribution in [2.24, 2.45) is 0 Å². The van der Waals surface area contributed by atoms with Gasteiger partial charge in [0, 0.05) is 16.7 Å². The zero-order valence-electron chi connectivity index (χ0n) is 32.5. The molecule has 0 unspecified atom stereocenters. The zero-order valence-corrected chi connectivity index (χ0v) is 32.5. The molecule has 276 valence electrons. The van der Waals surface area contributed by atoms with E-state index in [0.29, 0.717) is 17.5 Å². The minimum absolute atomic E-state index is 0.598. The molecule has 0 radical (unpaired) electrons. The Labute approximate surface area is 343 Å². The van der Waals surface area contributed by atoms with E-state index in [9.17, 15) is 0 Å². The van der Waals surface area contributed by atoms with Gasteiger partial charge in [0.2, 0.25) is 0 Å². The molecule has 10 rings (SSSR count). The average molecular weight is 752 g/mol. The lowest BCUT2D eigenvalue weighted by Gasteiger charge is -2.16. The molecule has 0 spiro atoms. The van der Waals surface area contributed by atoms with E-state index in [-0.39, 0.29) is 0 Å². The van der Waals surface area contributed by atoms with Crippen molar-refractivity contribution >= 4 is 48.7 Å². The van der Waals surface area contributed by atoms with Crippen LogP contribution in [0.25, 0.3) is 105 Å². The molecular formula is C56H37N3. The van der Waals surface area contributed by atoms with Gasteiger partial charge in [-0.15, -0.1) is 6.42 Å². The Kier molecular flexibility index (Phi) is 9.14. The highest BCUT2D eigenvalue weighted by molar-refractivity contribution is 6.16. The van der Waals surface area contributed by atoms with Gasteiger partial charge in [-0.1, -0.05) is 164 Å². The highest BCUT2D eigenvalue weighted by Crippen LogP contribution is 2.42. The van der Waals surface area contributed by atoms with Crippen LogP contribution < -0.4 is 0 Å². The maximum absolute atomic E-state index is 5.53. The third kappa shape index (κ3) is 6.63. The summed E-state index contributed by atoms with van der Waals surface area (Å²) in [6, 6.07) is 64.6. The Hall–Kier alpha value is -7.93. The number of allylic oxidation sites excluding steroid dienone is 4. The predicted octanol–water partition coefficient (Wildman–Crippen LogP) is 14.4. The van der Waals surface area contributed by atoms with Crippen LogP contribution >= 0.6 is 0 Å². The predicted molar refractivity (Wildman–Crippen MR) is 249 cm³/mol. The Morgan fingerprint density at radius 1 is 0.424 bits per heavy atom. The smallest absolute Gasteiger partial charge is 0.164 e. The first-order chi connectivity index (χ1) is 29.1. The SMILES string of the molecule is C#C/C=C\C(=C/C)c1ccc(-c2nc(-c3ccccc3)nc(-c3cc(-c4cc5ccccc5c5ccccc45)cc(-c4cc5ccccc5c5ccccc45)c3)n2)cc1. The summed E-state index contributed by atoms with van der Waals surface area (Å²) in [7, 11) is 0. The van der Waals surface area contributed by atoms with Gasteiger partial charge >= 0.3 is 0 Å². The van der Waals surface area contributed by atoms with Crippen LogP contribution in [0.4, 0.5) is 0 Å². The molecule has 9 aromatic carbocycles. The minimum atomic E-state index is 0.598. The molecule has 3 nitrogen and oxygen atoms in total. The Balaban J connectivity index is 1.24. The first kappa shape index (κ1) is 35.5. The summed E-state index contributed by atoms with van der Waals surface area (Å²) < 4.78 is 0. The van der Waals surface area contributed by atoms with Gasteiger partial charge in [-0.05, 0) is 126 Å². The highest BCUT2D eigenvalue weighted by Gasteiger charge is 2.18. The average Bonchev–Trinajstić information content (AvgIpc) is 3.31. The fourth-order valence-corrected chi connectivity index (χ4v) is 8.31. The molecule has 0 saturated carbocycles. The molecule has 0 fully saturated rings. The molecule has 0 amide bonds. The molecule has 10 aromatic rings. The third-order valence-corrected chi connectivity index (χ3v) is 11.2. The molecule has 0 bridgehead atoms. The Morgan fingerprint density at radius 3 is 1.36 bits per heavy atom. The normalized spacial score (nSPS) is 11.8. The molecule has 3 heteroatoms. The highest BCUT2D eigenvalue weighted by atomic mass is 15.0. The molecule has 0 atom stereocenters. The summed E-state index contributed by atoms with van der Waals surface area (Å²) in [5.41, 5.74) is 9.29. The van der Waals surface area contributed by atoms with Gasteiger partial charge in [0.25, 0.3) is 0 Å². The Morgan fingerprint density at radius 2 is 0.847 bits per heavy atom. The number of fused-ring (bicyclic) bond motifs is 6. The van der Waals surface area contributed by atoms with E-state index in [1.165, 1.54) is 43.1 Å². The molecule has 59 heavy (non-hydrogen) atoms. The number of hydrogen-bond acceptors (Lipinski definition) is 3. The first-order valence-corrected chi connectivity index (χ1v) is 19.8. The summed E-state index contributed by atoms with van der Waals surface area (Å²) in [5, 5.41) is 9.67. The van der Waals surface area contributed by atoms with Crippen LogP contribution in [0.1, 0.15) is 12.5 Å². The molecule has 0 aliphatic carbocycles. The molecule has 1 aromatic heterocycles. The number of rotatable bonds is 7. The van der Waals surface area contributed by atoms with E-state index in [2.05, 4.69) is 164 Å². The van der Waals surface area contributed by atoms with Gasteiger partial charge in [-0.2, -0.15) is 0 Å². The summed E-state index contributed by atoms with van der Waals surface area (Å²) >= 11 is 0. The lowest BCUT2D eigenvalue weighted by Crippen LogP contribution is -2.01. The van der Waals surface area contributed by atoms with E-state index in [0.717, 1.165) is 50.1 Å². The van der Waals surface area contributed by atoms with Gasteiger partial charge in [-0.3, -0.25) is 0 Å². The van der Waals surface area contributed by atoms with E-state index in [1.54, 1.807) is 6.08 Å². The second kappa shape index (κ2) is 15.2. The van der Waals surface area contributed by atoms with Crippen LogP contribution in [0.2, 0.25) is 0 Å². The van der Waals surface area contributed by atoms with Crippen LogP contribution in [-0.2, 0) is 0 Å². The maximum Gasteiger partial charge on any atom is 0.164 e. The van der Waals surface area contributed by atoms with Crippen molar-refractivity contribution < 1.29 is 0 Å². The van der Waals surface area contributed by atoms with Crippen molar-refractivity contribution in [1.82, 2.24) is 15.0 Å². The lowest BCUT2D eigenvalue weighted by atomic mass is 9.88. The van der Waals surface area contributed by atoms with Crippen molar-refractivity contribution in [3.05, 3.63) is 206 Å². The first-order valence-electron chi connectivity index (χ1n) is 19.8. The summed E-state index contributed by atoms with van der Waals surface area (Å²) in [6.45, 7) is 2.01. The van der Waals surface area contributed by atoms with Crippen LogP contribution in [0.5, 0.6) is 0 Å². The fourth-order valence-electron chi connectivity index (χ4n) is 8.31. The van der Waals surface area contributed by atoms with E-state index in [1.807, 2.05) is 43.3 Å². The summed E-state index contributed by atoms with van der Waals surface area (Å²) in [6.07, 6.45) is 11.2. The number of hydrogen-bond donors (Lipinski definition) is 0. The Bertz CT molecular complexity index is 3190. The minimum Gasteiger partial charge on any atom is -0.208 e. The van der Waals surface area contributed by atoms with Crippen molar-refractivity contribution in [2.75, 3.05) is 0 Å². The zero-order chi connectivity index (χ0) is 39.7. The second-order valence-electron chi connectivity index (χ2n) is 14.7. The van der Waals surface area contributed by atoms with Crippen LogP contribution in [-0.4, -0.2) is 15.0 Å². The van der Waals surface area contributed by atoms with Gasteiger partial charge in [0.15, 0.2) is 17.5 Å². The fraction of sp³-hybridized carbons (Fsp3) is 0.0179. The molecule has 0 saturated heterocycles. The standard InChI is InChI=1S/C56H37N3/c1-3-5-17-37(4-2)38-28-30-40(31-29-38)55-57-54(39-18-7-6-8-19-39)58-56(59-55)45-33-43(52-35-41-20-9-11-22-46(41)48-24-13-15-26-50(48)52)32-44(34-45)53-36-42-21-10-12-23-47(42)49-25-14-16-27-51(49)53/h1,4-36H,2H3/b17-5-,37-4+. The van der Waals surface area contributed by atoms with Crippen molar-refractivity contribution in [3.8, 4) is 68.8 Å². The topological polar surface area (TPSA) is 38.7 Å². The largest absolute Gasteiger partial charge is 0.208 e. The second-order valence-corrected chi connectivity index (χ2v) is 14.7. The van der Waals surface area contributed by atoms with Crippen molar-refractivity contribution in [2.45, 2.75) is 6.92 Å². The van der Waals surface area contributed by atoms with Crippen LogP contribution in [0.3, 0.4) is 0 Å².